The van der Waals surface area contributed by atoms with E-state index < -0.39 is 11.7 Å². The van der Waals surface area contributed by atoms with Gasteiger partial charge in [-0.25, -0.2) is 4.79 Å². The molecule has 0 spiro atoms. The molecule has 0 aromatic heterocycles. The third-order valence-electron chi connectivity index (χ3n) is 1.08. The summed E-state index contributed by atoms with van der Waals surface area (Å²) < 4.78 is 5.02. The van der Waals surface area contributed by atoms with Gasteiger partial charge in [-0.05, 0) is 34.6 Å². The average molecular weight is 186 g/mol. The minimum absolute atomic E-state index is 0.456. The van der Waals surface area contributed by atoms with Gasteiger partial charge in [0.25, 0.3) is 0 Å². The average Bonchev–Trinajstić information content (AvgIpc) is 1.81. The van der Waals surface area contributed by atoms with E-state index >= 15 is 0 Å². The summed E-state index contributed by atoms with van der Waals surface area (Å²) in [5.74, 6) is 0.580. The van der Waals surface area contributed by atoms with Crippen molar-refractivity contribution in [3.05, 3.63) is 0 Å². The Bertz CT molecular complexity index is 204. The van der Waals surface area contributed by atoms with Crippen molar-refractivity contribution in [3.63, 3.8) is 0 Å². The Morgan fingerprint density at radius 1 is 1.46 bits per heavy atom. The van der Waals surface area contributed by atoms with Crippen molar-refractivity contribution in [1.82, 2.24) is 5.32 Å². The number of nitrogens with one attached hydrogen (secondary N) is 1. The Morgan fingerprint density at radius 3 is 2.38 bits per heavy atom. The molecule has 0 aliphatic heterocycles. The second kappa shape index (κ2) is 4.84. The molecule has 0 aromatic carbocycles. The van der Waals surface area contributed by atoms with E-state index in [0.717, 1.165) is 0 Å². The Balaban J connectivity index is 3.96. The first kappa shape index (κ1) is 11.9. The van der Waals surface area contributed by atoms with Gasteiger partial charge >= 0.3 is 6.09 Å². The highest BCUT2D eigenvalue weighted by Gasteiger charge is 2.15. The zero-order valence-corrected chi connectivity index (χ0v) is 8.97. The zero-order chi connectivity index (χ0) is 10.5. The number of hydrogen-bond donors (Lipinski definition) is 1. The van der Waals surface area contributed by atoms with Gasteiger partial charge in [0, 0.05) is 6.54 Å². The summed E-state index contributed by atoms with van der Waals surface area (Å²) in [6, 6.07) is 0. The topological polar surface area (TPSA) is 50.7 Å². The van der Waals surface area contributed by atoms with Crippen LogP contribution in [0.4, 0.5) is 4.79 Å². The lowest BCUT2D eigenvalue weighted by molar-refractivity contribution is 0.0563. The molecule has 0 atom stereocenters. The molecule has 0 saturated carbocycles. The number of amides is 1. The Morgan fingerprint density at radius 2 is 2.00 bits per heavy atom. The van der Waals surface area contributed by atoms with E-state index in [4.69, 9.17) is 4.74 Å². The van der Waals surface area contributed by atoms with E-state index in [2.05, 4.69) is 10.3 Å². The number of hydrogen-bond acceptors (Lipinski definition) is 3. The summed E-state index contributed by atoms with van der Waals surface area (Å²) in [5.41, 5.74) is -0.462. The highest BCUT2D eigenvalue weighted by molar-refractivity contribution is 5.93. The van der Waals surface area contributed by atoms with Crippen molar-refractivity contribution in [1.29, 1.82) is 0 Å². The second-order valence-electron chi connectivity index (χ2n) is 3.69. The van der Waals surface area contributed by atoms with Crippen LogP contribution < -0.4 is 5.32 Å². The van der Waals surface area contributed by atoms with Crippen LogP contribution in [0.3, 0.4) is 0 Å². The van der Waals surface area contributed by atoms with Crippen molar-refractivity contribution in [2.75, 3.05) is 6.54 Å². The molecule has 1 N–H and O–H groups in total. The lowest BCUT2D eigenvalue weighted by Crippen LogP contribution is -2.35. The van der Waals surface area contributed by atoms with E-state index in [0.29, 0.717) is 12.4 Å². The fraction of sp³-hybridized carbons (Fsp3) is 0.778. The Kier molecular flexibility index (Phi) is 4.45. The van der Waals surface area contributed by atoms with Crippen LogP contribution in [0.1, 0.15) is 34.6 Å². The van der Waals surface area contributed by atoms with Crippen LogP contribution in [0.5, 0.6) is 0 Å². The third kappa shape index (κ3) is 7.31. The van der Waals surface area contributed by atoms with Gasteiger partial charge in [0.15, 0.2) is 0 Å². The molecule has 0 rings (SSSR count). The number of nitrogens with zero attached hydrogens (tertiary/aromatic N) is 1. The van der Waals surface area contributed by atoms with Crippen LogP contribution in [0, 0.1) is 0 Å². The molecule has 0 heterocycles. The fourth-order valence-electron chi connectivity index (χ4n) is 0.728. The van der Waals surface area contributed by atoms with Crippen molar-refractivity contribution in [2.24, 2.45) is 4.99 Å². The molecule has 1 amide bonds. The SMILES string of the molecule is CCN=C(C)NC(=O)OC(C)(C)C. The van der Waals surface area contributed by atoms with E-state index in [1.165, 1.54) is 0 Å². The predicted octanol–water partition coefficient (Wildman–Crippen LogP) is 1.95. The first-order valence-corrected chi connectivity index (χ1v) is 4.36. The van der Waals surface area contributed by atoms with E-state index in [1.54, 1.807) is 6.92 Å². The molecule has 4 heteroatoms. The maximum atomic E-state index is 11.1. The molecule has 0 bridgehead atoms. The normalized spacial score (nSPS) is 12.5. The first-order chi connectivity index (χ1) is 5.85. The van der Waals surface area contributed by atoms with Gasteiger partial charge < -0.3 is 4.74 Å². The summed E-state index contributed by atoms with van der Waals surface area (Å²) in [5, 5.41) is 2.53. The Hall–Kier alpha value is -1.06. The molecule has 0 aliphatic carbocycles. The maximum absolute atomic E-state index is 11.1. The van der Waals surface area contributed by atoms with Crippen LogP contribution in [0.2, 0.25) is 0 Å². The quantitative estimate of drug-likeness (QED) is 0.502. The molecule has 0 radical (unpaired) electrons. The molecule has 4 nitrogen and oxygen atoms in total. The fourth-order valence-corrected chi connectivity index (χ4v) is 0.728. The summed E-state index contributed by atoms with van der Waals surface area (Å²) in [4.78, 5) is 15.1. The lowest BCUT2D eigenvalue weighted by atomic mass is 10.2. The highest BCUT2D eigenvalue weighted by atomic mass is 16.6. The van der Waals surface area contributed by atoms with Crippen molar-refractivity contribution in [3.8, 4) is 0 Å². The van der Waals surface area contributed by atoms with Crippen molar-refractivity contribution in [2.45, 2.75) is 40.2 Å². The van der Waals surface area contributed by atoms with Crippen molar-refractivity contribution < 1.29 is 9.53 Å². The van der Waals surface area contributed by atoms with Crippen LogP contribution >= 0.6 is 0 Å². The number of ether oxygens (including phenoxy) is 1. The molecular formula is C9H18N2O2. The molecule has 0 fully saturated rings. The van der Waals surface area contributed by atoms with E-state index in [1.807, 2.05) is 27.7 Å². The summed E-state index contributed by atoms with van der Waals surface area (Å²) in [6.45, 7) is 9.74. The lowest BCUT2D eigenvalue weighted by Gasteiger charge is -2.19. The number of amidine groups is 1. The molecule has 13 heavy (non-hydrogen) atoms. The van der Waals surface area contributed by atoms with E-state index in [-0.39, 0.29) is 0 Å². The number of alkyl carbamates (subject to hydrolysis) is 1. The zero-order valence-electron chi connectivity index (χ0n) is 8.97. The van der Waals surface area contributed by atoms with E-state index in [9.17, 15) is 4.79 Å². The first-order valence-electron chi connectivity index (χ1n) is 4.36. The molecular weight excluding hydrogens is 168 g/mol. The third-order valence-corrected chi connectivity index (χ3v) is 1.08. The highest BCUT2D eigenvalue weighted by Crippen LogP contribution is 2.06. The molecule has 0 aliphatic rings. The number of carbonyl (C=O) groups excluding carboxylic acids is 1. The number of aliphatic imine (C=N–C) groups is 1. The van der Waals surface area contributed by atoms with Gasteiger partial charge in [-0.15, -0.1) is 0 Å². The van der Waals surface area contributed by atoms with Gasteiger partial charge in [0.2, 0.25) is 0 Å². The largest absolute Gasteiger partial charge is 0.444 e. The Labute approximate surface area is 79.4 Å². The van der Waals surface area contributed by atoms with Gasteiger partial charge in [-0.1, -0.05) is 0 Å². The standard InChI is InChI=1S/C9H18N2O2/c1-6-10-7(2)11-8(12)13-9(3,4)5/h6H2,1-5H3,(H,10,11,12). The molecule has 0 unspecified atom stereocenters. The number of rotatable bonds is 1. The molecule has 0 aromatic rings. The van der Waals surface area contributed by atoms with Gasteiger partial charge in [-0.3, -0.25) is 10.3 Å². The summed E-state index contributed by atoms with van der Waals surface area (Å²) in [7, 11) is 0. The molecule has 76 valence electrons. The van der Waals surface area contributed by atoms with Crippen LogP contribution in [0.15, 0.2) is 4.99 Å². The monoisotopic (exact) mass is 186 g/mol. The molecule has 0 saturated heterocycles. The van der Waals surface area contributed by atoms with Crippen LogP contribution in [-0.4, -0.2) is 24.1 Å². The predicted molar refractivity (Wildman–Crippen MR) is 53.0 cm³/mol. The minimum atomic E-state index is -0.462. The summed E-state index contributed by atoms with van der Waals surface area (Å²) in [6.07, 6.45) is -0.456. The smallest absolute Gasteiger partial charge is 0.413 e. The number of carbonyl (C=O) groups is 1. The van der Waals surface area contributed by atoms with Gasteiger partial charge in [0.05, 0.1) is 0 Å². The van der Waals surface area contributed by atoms with Gasteiger partial charge in [0.1, 0.15) is 11.4 Å². The van der Waals surface area contributed by atoms with Crippen molar-refractivity contribution >= 4 is 11.9 Å². The second-order valence-corrected chi connectivity index (χ2v) is 3.69. The van der Waals surface area contributed by atoms with Gasteiger partial charge in [-0.2, -0.15) is 0 Å². The summed E-state index contributed by atoms with van der Waals surface area (Å²) >= 11 is 0. The maximum Gasteiger partial charge on any atom is 0.413 e. The van der Waals surface area contributed by atoms with Crippen LogP contribution in [-0.2, 0) is 4.74 Å². The van der Waals surface area contributed by atoms with Crippen LogP contribution in [0.25, 0.3) is 0 Å². The minimum Gasteiger partial charge on any atom is -0.444 e.